The van der Waals surface area contributed by atoms with Crippen molar-refractivity contribution < 1.29 is 19.8 Å². The normalized spacial score (nSPS) is 10.1. The monoisotopic (exact) mass is 482 g/mol. The third-order valence-corrected chi connectivity index (χ3v) is 4.45. The predicted molar refractivity (Wildman–Crippen MR) is 135 cm³/mol. The highest BCUT2D eigenvalue weighted by molar-refractivity contribution is 5.89. The van der Waals surface area contributed by atoms with Gasteiger partial charge in [-0.2, -0.15) is 15.5 Å². The van der Waals surface area contributed by atoms with Gasteiger partial charge in [0.15, 0.2) is 0 Å². The van der Waals surface area contributed by atoms with Crippen LogP contribution in [-0.2, 0) is 9.59 Å². The molecule has 180 valence electrons. The first-order valence-corrected chi connectivity index (χ1v) is 10.4. The van der Waals surface area contributed by atoms with Crippen LogP contribution in [0.25, 0.3) is 6.08 Å². The number of carboxylic acid groups (broad SMARTS) is 2. The van der Waals surface area contributed by atoms with Gasteiger partial charge in [-0.3, -0.25) is 0 Å². The van der Waals surface area contributed by atoms with Gasteiger partial charge < -0.3 is 20.8 Å². The van der Waals surface area contributed by atoms with E-state index in [0.29, 0.717) is 29.5 Å². The van der Waals surface area contributed by atoms with E-state index >= 15 is 0 Å². The molecule has 2 aromatic carbocycles. The molecule has 0 unspecified atom stereocenters. The molecular formula is C26H22N6O4. The number of benzene rings is 2. The standard InChI is InChI=1S/C22H18N6.C4H4O4/c1-15-12-18(4-3-10-23)13-16(2)21(15)27-20-9-11-25-22(28-20)26-19-7-5-17(14-24)6-8-19;5-3(6)1-2-4(7)8/h3-9,11-13H,1-2H3,(H2,25,26,27,28);1-2H,(H,5,6)(H,7,8)/b4-3+;2-1+. The van der Waals surface area contributed by atoms with E-state index in [1.807, 2.05) is 44.2 Å². The average molecular weight is 483 g/mol. The number of rotatable bonds is 7. The molecule has 0 bridgehead atoms. The number of carboxylic acids is 2. The molecule has 0 aliphatic heterocycles. The lowest BCUT2D eigenvalue weighted by molar-refractivity contribution is -0.134. The molecule has 10 heteroatoms. The van der Waals surface area contributed by atoms with E-state index in [1.165, 1.54) is 6.08 Å². The molecule has 3 rings (SSSR count). The fraction of sp³-hybridized carbons (Fsp3) is 0.0769. The summed E-state index contributed by atoms with van der Waals surface area (Å²) in [5, 5.41) is 39.7. The number of anilines is 4. The highest BCUT2D eigenvalue weighted by Crippen LogP contribution is 2.26. The molecule has 0 saturated carbocycles. The van der Waals surface area contributed by atoms with E-state index in [-0.39, 0.29) is 0 Å². The number of carbonyl (C=O) groups is 2. The Balaban J connectivity index is 0.000000493. The quantitative estimate of drug-likeness (QED) is 0.273. The van der Waals surface area contributed by atoms with Crippen LogP contribution in [-0.4, -0.2) is 32.1 Å². The van der Waals surface area contributed by atoms with Crippen LogP contribution in [0.3, 0.4) is 0 Å². The van der Waals surface area contributed by atoms with Crippen LogP contribution in [0.4, 0.5) is 23.1 Å². The van der Waals surface area contributed by atoms with Gasteiger partial charge >= 0.3 is 11.9 Å². The van der Waals surface area contributed by atoms with Crippen molar-refractivity contribution in [3.8, 4) is 12.1 Å². The Morgan fingerprint density at radius 2 is 1.56 bits per heavy atom. The molecule has 0 aliphatic carbocycles. The highest BCUT2D eigenvalue weighted by Gasteiger charge is 2.07. The van der Waals surface area contributed by atoms with Crippen molar-refractivity contribution in [3.05, 3.63) is 89.1 Å². The van der Waals surface area contributed by atoms with Crippen molar-refractivity contribution in [3.63, 3.8) is 0 Å². The number of aromatic nitrogens is 2. The first-order valence-electron chi connectivity index (χ1n) is 10.4. The average Bonchev–Trinajstić information content (AvgIpc) is 2.85. The van der Waals surface area contributed by atoms with Crippen molar-refractivity contribution in [2.45, 2.75) is 13.8 Å². The predicted octanol–water partition coefficient (Wildman–Crippen LogP) is 4.70. The van der Waals surface area contributed by atoms with E-state index in [4.69, 9.17) is 20.7 Å². The number of aryl methyl sites for hydroxylation is 2. The van der Waals surface area contributed by atoms with Gasteiger partial charge in [0.2, 0.25) is 5.95 Å². The summed E-state index contributed by atoms with van der Waals surface area (Å²) in [6.07, 6.45) is 6.04. The molecule has 1 heterocycles. The van der Waals surface area contributed by atoms with Crippen LogP contribution < -0.4 is 10.6 Å². The second-order valence-corrected chi connectivity index (χ2v) is 7.21. The van der Waals surface area contributed by atoms with Crippen molar-refractivity contribution in [1.82, 2.24) is 9.97 Å². The Labute approximate surface area is 207 Å². The van der Waals surface area contributed by atoms with Crippen molar-refractivity contribution in [2.24, 2.45) is 0 Å². The number of hydrogen-bond donors (Lipinski definition) is 4. The lowest BCUT2D eigenvalue weighted by atomic mass is 10.0. The Bertz CT molecular complexity index is 1340. The molecule has 0 aliphatic rings. The highest BCUT2D eigenvalue weighted by atomic mass is 16.4. The van der Waals surface area contributed by atoms with E-state index in [1.54, 1.807) is 30.5 Å². The van der Waals surface area contributed by atoms with Crippen LogP contribution in [0, 0.1) is 36.5 Å². The fourth-order valence-corrected chi connectivity index (χ4v) is 2.94. The molecule has 1 aromatic heterocycles. The Kier molecular flexibility index (Phi) is 9.88. The lowest BCUT2D eigenvalue weighted by Gasteiger charge is -2.14. The summed E-state index contributed by atoms with van der Waals surface area (Å²) in [7, 11) is 0. The van der Waals surface area contributed by atoms with E-state index < -0.39 is 11.9 Å². The van der Waals surface area contributed by atoms with Crippen LogP contribution in [0.1, 0.15) is 22.3 Å². The van der Waals surface area contributed by atoms with E-state index in [9.17, 15) is 9.59 Å². The summed E-state index contributed by atoms with van der Waals surface area (Å²) in [5.74, 6) is -1.39. The molecule has 3 aromatic rings. The molecule has 10 nitrogen and oxygen atoms in total. The molecule has 0 spiro atoms. The van der Waals surface area contributed by atoms with Gasteiger partial charge in [0, 0.05) is 35.8 Å². The summed E-state index contributed by atoms with van der Waals surface area (Å²) in [6.45, 7) is 4.02. The minimum absolute atomic E-state index is 0.457. The van der Waals surface area contributed by atoms with E-state index in [2.05, 4.69) is 26.7 Å². The largest absolute Gasteiger partial charge is 0.478 e. The first-order chi connectivity index (χ1) is 17.2. The summed E-state index contributed by atoms with van der Waals surface area (Å²) >= 11 is 0. The van der Waals surface area contributed by atoms with Gasteiger partial charge in [-0.15, -0.1) is 0 Å². The van der Waals surface area contributed by atoms with Gasteiger partial charge in [-0.1, -0.05) is 0 Å². The third kappa shape index (κ3) is 8.81. The number of aliphatic carboxylic acids is 2. The van der Waals surface area contributed by atoms with Crippen LogP contribution in [0.2, 0.25) is 0 Å². The number of hydrogen-bond acceptors (Lipinski definition) is 8. The maximum Gasteiger partial charge on any atom is 0.328 e. The summed E-state index contributed by atoms with van der Waals surface area (Å²) in [6, 6.07) is 17.0. The zero-order valence-corrected chi connectivity index (χ0v) is 19.4. The molecule has 0 radical (unpaired) electrons. The Hall–Kier alpha value is -5.48. The molecule has 36 heavy (non-hydrogen) atoms. The zero-order chi connectivity index (χ0) is 26.5. The first kappa shape index (κ1) is 26.8. The molecule has 0 saturated heterocycles. The Morgan fingerprint density at radius 3 is 2.08 bits per heavy atom. The third-order valence-electron chi connectivity index (χ3n) is 4.45. The minimum atomic E-state index is -1.26. The van der Waals surface area contributed by atoms with Crippen molar-refractivity contribution in [2.75, 3.05) is 10.6 Å². The maximum atomic E-state index is 9.55. The second kappa shape index (κ2) is 13.3. The smallest absolute Gasteiger partial charge is 0.328 e. The number of allylic oxidation sites excluding steroid dienone is 1. The maximum absolute atomic E-state index is 9.55. The van der Waals surface area contributed by atoms with Crippen LogP contribution >= 0.6 is 0 Å². The fourth-order valence-electron chi connectivity index (χ4n) is 2.94. The zero-order valence-electron chi connectivity index (χ0n) is 19.4. The minimum Gasteiger partial charge on any atom is -0.478 e. The molecule has 0 amide bonds. The summed E-state index contributed by atoms with van der Waals surface area (Å²) < 4.78 is 0. The molecule has 0 atom stereocenters. The number of nitriles is 2. The van der Waals surface area contributed by atoms with E-state index in [0.717, 1.165) is 28.1 Å². The summed E-state index contributed by atoms with van der Waals surface area (Å²) in [5.41, 5.74) is 5.46. The van der Waals surface area contributed by atoms with Gasteiger partial charge in [-0.25, -0.2) is 14.6 Å². The molecular weight excluding hydrogens is 460 g/mol. The second-order valence-electron chi connectivity index (χ2n) is 7.21. The van der Waals surface area contributed by atoms with Crippen molar-refractivity contribution >= 4 is 41.2 Å². The number of nitrogens with one attached hydrogen (secondary N) is 2. The van der Waals surface area contributed by atoms with Gasteiger partial charge in [0.05, 0.1) is 17.7 Å². The molecule has 0 fully saturated rings. The Morgan fingerprint density at radius 1 is 0.944 bits per heavy atom. The topological polar surface area (TPSA) is 172 Å². The summed E-state index contributed by atoms with van der Waals surface area (Å²) in [4.78, 5) is 27.9. The van der Waals surface area contributed by atoms with Gasteiger partial charge in [0.25, 0.3) is 0 Å². The number of nitrogens with zero attached hydrogens (tertiary/aromatic N) is 4. The van der Waals surface area contributed by atoms with Crippen LogP contribution in [0.15, 0.2) is 66.9 Å². The van der Waals surface area contributed by atoms with Gasteiger partial charge in [-0.05, 0) is 79.1 Å². The van der Waals surface area contributed by atoms with Crippen LogP contribution in [0.5, 0.6) is 0 Å². The lowest BCUT2D eigenvalue weighted by Crippen LogP contribution is -2.02. The van der Waals surface area contributed by atoms with Gasteiger partial charge in [0.1, 0.15) is 5.82 Å². The SMILES string of the molecule is Cc1cc(/C=C/C#N)cc(C)c1Nc1ccnc(Nc2ccc(C#N)cc2)n1.O=C(O)/C=C/C(=O)O. The van der Waals surface area contributed by atoms with Crippen molar-refractivity contribution in [1.29, 1.82) is 10.5 Å². The molecule has 4 N–H and O–H groups in total.